The van der Waals surface area contributed by atoms with Crippen molar-refractivity contribution in [2.45, 2.75) is 53.5 Å². The fourth-order valence-corrected chi connectivity index (χ4v) is 2.90. The first-order valence-corrected chi connectivity index (χ1v) is 6.21. The first-order valence-electron chi connectivity index (χ1n) is 6.21. The number of hydrogen-bond donors (Lipinski definition) is 1. The number of carboxylic acid groups (broad SMARTS) is 1. The molecule has 1 heterocycles. The number of fused-ring (bicyclic) bond motifs is 1. The molecule has 0 aliphatic heterocycles. The Bertz CT molecular complexity index is 469. The van der Waals surface area contributed by atoms with Gasteiger partial charge >= 0.3 is 5.97 Å². The molecule has 1 aliphatic rings. The maximum absolute atomic E-state index is 10.9. The van der Waals surface area contributed by atoms with E-state index in [2.05, 4.69) is 20.8 Å². The Labute approximate surface area is 102 Å². The zero-order valence-corrected chi connectivity index (χ0v) is 11.1. The molecule has 3 nitrogen and oxygen atoms in total. The zero-order valence-electron chi connectivity index (χ0n) is 11.1. The minimum absolute atomic E-state index is 0.0996. The lowest BCUT2D eigenvalue weighted by molar-refractivity contribution is -0.137. The molecule has 0 saturated carbocycles. The van der Waals surface area contributed by atoms with Gasteiger partial charge in [-0.05, 0) is 49.7 Å². The van der Waals surface area contributed by atoms with Gasteiger partial charge in [-0.15, -0.1) is 0 Å². The number of hydrogen-bond acceptors (Lipinski definition) is 1. The molecule has 0 bridgehead atoms. The van der Waals surface area contributed by atoms with E-state index in [-0.39, 0.29) is 6.54 Å². The molecule has 0 radical (unpaired) electrons. The second-order valence-corrected chi connectivity index (χ2v) is 5.96. The van der Waals surface area contributed by atoms with Gasteiger partial charge in [0, 0.05) is 11.4 Å². The third-order valence-corrected chi connectivity index (χ3v) is 4.06. The highest BCUT2D eigenvalue weighted by Gasteiger charge is 2.30. The lowest BCUT2D eigenvalue weighted by atomic mass is 9.75. The smallest absolute Gasteiger partial charge is 0.323 e. The van der Waals surface area contributed by atoms with E-state index >= 15 is 0 Å². The summed E-state index contributed by atoms with van der Waals surface area (Å²) < 4.78 is 1.99. The molecule has 1 aromatic rings. The number of carboxylic acids is 1. The van der Waals surface area contributed by atoms with Crippen molar-refractivity contribution >= 4 is 5.97 Å². The van der Waals surface area contributed by atoms with Crippen LogP contribution in [0.2, 0.25) is 0 Å². The molecule has 2 rings (SSSR count). The van der Waals surface area contributed by atoms with Gasteiger partial charge in [0.2, 0.25) is 0 Å². The predicted octanol–water partition coefficient (Wildman–Crippen LogP) is 2.70. The Kier molecular flexibility index (Phi) is 2.80. The Morgan fingerprint density at radius 1 is 1.41 bits per heavy atom. The van der Waals surface area contributed by atoms with Crippen LogP contribution in [-0.2, 0) is 24.2 Å². The zero-order chi connectivity index (χ0) is 12.8. The molecule has 1 aliphatic carbocycles. The highest BCUT2D eigenvalue weighted by atomic mass is 16.4. The summed E-state index contributed by atoms with van der Waals surface area (Å²) in [6.07, 6.45) is 3.22. The SMILES string of the molecule is Cc1c2c(n(CC(=O)O)c1C)CCC(C)(C)C2. The molecule has 3 heteroatoms. The van der Waals surface area contributed by atoms with Gasteiger partial charge in [0.15, 0.2) is 0 Å². The van der Waals surface area contributed by atoms with E-state index in [9.17, 15) is 4.79 Å². The summed E-state index contributed by atoms with van der Waals surface area (Å²) in [4.78, 5) is 10.9. The second kappa shape index (κ2) is 3.90. The van der Waals surface area contributed by atoms with E-state index in [1.54, 1.807) is 0 Å². The highest BCUT2D eigenvalue weighted by molar-refractivity contribution is 5.67. The predicted molar refractivity (Wildman–Crippen MR) is 67.3 cm³/mol. The van der Waals surface area contributed by atoms with Crippen LogP contribution in [-0.4, -0.2) is 15.6 Å². The van der Waals surface area contributed by atoms with Gasteiger partial charge in [0.05, 0.1) is 0 Å². The minimum Gasteiger partial charge on any atom is -0.480 e. The average Bonchev–Trinajstić information content (AvgIpc) is 2.42. The van der Waals surface area contributed by atoms with Crippen LogP contribution in [0.1, 0.15) is 42.8 Å². The van der Waals surface area contributed by atoms with E-state index in [0.717, 1.165) is 25.0 Å². The lowest BCUT2D eigenvalue weighted by Gasteiger charge is -2.30. The number of nitrogens with zero attached hydrogens (tertiary/aromatic N) is 1. The second-order valence-electron chi connectivity index (χ2n) is 5.96. The van der Waals surface area contributed by atoms with Crippen molar-refractivity contribution in [1.29, 1.82) is 0 Å². The van der Waals surface area contributed by atoms with Crippen LogP contribution in [0.25, 0.3) is 0 Å². The number of aliphatic carboxylic acids is 1. The average molecular weight is 235 g/mol. The Morgan fingerprint density at radius 2 is 2.06 bits per heavy atom. The molecule has 0 spiro atoms. The number of aromatic nitrogens is 1. The van der Waals surface area contributed by atoms with Crippen LogP contribution in [0.3, 0.4) is 0 Å². The number of rotatable bonds is 2. The van der Waals surface area contributed by atoms with Crippen LogP contribution in [0.5, 0.6) is 0 Å². The standard InChI is InChI=1S/C14H21NO2/c1-9-10(2)15(8-13(16)17)12-5-6-14(3,4)7-11(9)12/h5-8H2,1-4H3,(H,16,17). The molecule has 0 atom stereocenters. The maximum atomic E-state index is 10.9. The quantitative estimate of drug-likeness (QED) is 0.856. The van der Waals surface area contributed by atoms with Crippen LogP contribution < -0.4 is 0 Å². The van der Waals surface area contributed by atoms with Gasteiger partial charge in [0.25, 0.3) is 0 Å². The van der Waals surface area contributed by atoms with Crippen molar-refractivity contribution in [2.75, 3.05) is 0 Å². The summed E-state index contributed by atoms with van der Waals surface area (Å²) in [7, 11) is 0. The Balaban J connectivity index is 2.48. The molecule has 0 amide bonds. The van der Waals surface area contributed by atoms with Crippen molar-refractivity contribution in [3.05, 3.63) is 22.5 Å². The summed E-state index contributed by atoms with van der Waals surface area (Å²) in [5, 5.41) is 8.98. The van der Waals surface area contributed by atoms with Gasteiger partial charge in [0.1, 0.15) is 6.54 Å². The molecule has 0 unspecified atom stereocenters. The monoisotopic (exact) mass is 235 g/mol. The molecule has 1 N–H and O–H groups in total. The van der Waals surface area contributed by atoms with Crippen LogP contribution in [0, 0.1) is 19.3 Å². The van der Waals surface area contributed by atoms with Crippen molar-refractivity contribution in [3.63, 3.8) is 0 Å². The molecule has 1 aromatic heterocycles. The van der Waals surface area contributed by atoms with Gasteiger partial charge in [-0.1, -0.05) is 13.8 Å². The van der Waals surface area contributed by atoms with E-state index in [1.165, 1.54) is 16.8 Å². The van der Waals surface area contributed by atoms with Crippen molar-refractivity contribution in [1.82, 2.24) is 4.57 Å². The largest absolute Gasteiger partial charge is 0.480 e. The summed E-state index contributed by atoms with van der Waals surface area (Å²) in [6.45, 7) is 8.83. The van der Waals surface area contributed by atoms with Crippen molar-refractivity contribution in [3.8, 4) is 0 Å². The highest BCUT2D eigenvalue weighted by Crippen LogP contribution is 2.38. The van der Waals surface area contributed by atoms with Crippen LogP contribution in [0.15, 0.2) is 0 Å². The first kappa shape index (κ1) is 12.2. The third-order valence-electron chi connectivity index (χ3n) is 4.06. The molecular formula is C14H21NO2. The maximum Gasteiger partial charge on any atom is 0.323 e. The van der Waals surface area contributed by atoms with E-state index in [1.807, 2.05) is 11.5 Å². The van der Waals surface area contributed by atoms with E-state index in [4.69, 9.17) is 5.11 Å². The Hall–Kier alpha value is -1.25. The fraction of sp³-hybridized carbons (Fsp3) is 0.643. The van der Waals surface area contributed by atoms with Crippen molar-refractivity contribution in [2.24, 2.45) is 5.41 Å². The fourth-order valence-electron chi connectivity index (χ4n) is 2.90. The normalized spacial score (nSPS) is 17.9. The summed E-state index contributed by atoms with van der Waals surface area (Å²) in [5.41, 5.74) is 5.39. The third kappa shape index (κ3) is 2.11. The van der Waals surface area contributed by atoms with Crippen LogP contribution >= 0.6 is 0 Å². The van der Waals surface area contributed by atoms with Gasteiger partial charge < -0.3 is 9.67 Å². The molecule has 0 fully saturated rings. The molecular weight excluding hydrogens is 214 g/mol. The molecule has 0 aromatic carbocycles. The summed E-state index contributed by atoms with van der Waals surface area (Å²) in [5.74, 6) is -0.754. The topological polar surface area (TPSA) is 42.2 Å². The van der Waals surface area contributed by atoms with Gasteiger partial charge in [-0.25, -0.2) is 0 Å². The molecule has 0 saturated heterocycles. The van der Waals surface area contributed by atoms with Gasteiger partial charge in [-0.3, -0.25) is 4.79 Å². The Morgan fingerprint density at radius 3 is 2.65 bits per heavy atom. The van der Waals surface area contributed by atoms with Gasteiger partial charge in [-0.2, -0.15) is 0 Å². The van der Waals surface area contributed by atoms with Crippen LogP contribution in [0.4, 0.5) is 0 Å². The molecule has 17 heavy (non-hydrogen) atoms. The summed E-state index contributed by atoms with van der Waals surface area (Å²) >= 11 is 0. The number of carbonyl (C=O) groups is 1. The molecule has 94 valence electrons. The first-order chi connectivity index (χ1) is 7.82. The summed E-state index contributed by atoms with van der Waals surface area (Å²) in [6, 6.07) is 0. The van der Waals surface area contributed by atoms with E-state index in [0.29, 0.717) is 5.41 Å². The minimum atomic E-state index is -0.754. The van der Waals surface area contributed by atoms with Crippen molar-refractivity contribution < 1.29 is 9.90 Å². The lowest BCUT2D eigenvalue weighted by Crippen LogP contribution is -2.24. The van der Waals surface area contributed by atoms with E-state index < -0.39 is 5.97 Å².